The Balaban J connectivity index is 1.99. The van der Waals surface area contributed by atoms with Crippen molar-refractivity contribution in [3.63, 3.8) is 0 Å². The SMILES string of the molecule is CCCC(C(=O)O)c1c(C)nc2nc3n(c2c1Sc1ccccc1)CCC3. The van der Waals surface area contributed by atoms with E-state index in [0.29, 0.717) is 6.42 Å². The number of nitrogens with zero attached hydrogens (tertiary/aromatic N) is 3. The van der Waals surface area contributed by atoms with Gasteiger partial charge < -0.3 is 9.67 Å². The Kier molecular flexibility index (Phi) is 4.91. The number of imidazole rings is 1. The molecule has 0 fully saturated rings. The van der Waals surface area contributed by atoms with Crippen LogP contribution in [-0.2, 0) is 17.8 Å². The number of rotatable bonds is 6. The molecule has 140 valence electrons. The van der Waals surface area contributed by atoms with Crippen LogP contribution in [0.15, 0.2) is 40.1 Å². The zero-order valence-corrected chi connectivity index (χ0v) is 16.4. The fraction of sp³-hybridized carbons (Fsp3) is 0.381. The molecule has 1 atom stereocenters. The maximum absolute atomic E-state index is 12.1. The number of aryl methyl sites for hydroxylation is 3. The third-order valence-corrected chi connectivity index (χ3v) is 6.25. The normalized spacial score (nSPS) is 14.4. The highest BCUT2D eigenvalue weighted by atomic mass is 32.2. The fourth-order valence-corrected chi connectivity index (χ4v) is 5.15. The summed E-state index contributed by atoms with van der Waals surface area (Å²) in [5.74, 6) is -0.269. The van der Waals surface area contributed by atoms with Gasteiger partial charge >= 0.3 is 5.97 Å². The summed E-state index contributed by atoms with van der Waals surface area (Å²) in [6.45, 7) is 4.86. The Labute approximate surface area is 162 Å². The van der Waals surface area contributed by atoms with E-state index in [0.717, 1.165) is 63.8 Å². The Morgan fingerprint density at radius 3 is 2.78 bits per heavy atom. The lowest BCUT2D eigenvalue weighted by atomic mass is 9.93. The Morgan fingerprint density at radius 2 is 2.07 bits per heavy atom. The number of hydrogen-bond donors (Lipinski definition) is 1. The summed E-state index contributed by atoms with van der Waals surface area (Å²) >= 11 is 1.64. The van der Waals surface area contributed by atoms with Crippen molar-refractivity contribution in [2.24, 2.45) is 0 Å². The standard InChI is InChI=1S/C21H23N3O2S/c1-3-8-15(21(25)26)17-13(2)22-20-18(24-12-7-11-16(24)23-20)19(17)27-14-9-5-4-6-10-14/h4-6,9-10,15H,3,7-8,11-12H2,1-2H3,(H,25,26). The molecule has 3 aromatic rings. The molecule has 0 saturated heterocycles. The van der Waals surface area contributed by atoms with Gasteiger partial charge in [0.15, 0.2) is 5.65 Å². The van der Waals surface area contributed by atoms with E-state index < -0.39 is 11.9 Å². The molecule has 3 heterocycles. The molecule has 1 aliphatic heterocycles. The molecular weight excluding hydrogens is 358 g/mol. The van der Waals surface area contributed by atoms with Gasteiger partial charge in [-0.1, -0.05) is 43.3 Å². The van der Waals surface area contributed by atoms with Crippen molar-refractivity contribution in [2.75, 3.05) is 0 Å². The summed E-state index contributed by atoms with van der Waals surface area (Å²) in [6, 6.07) is 10.1. The minimum absolute atomic E-state index is 0.550. The van der Waals surface area contributed by atoms with Gasteiger partial charge in [0.05, 0.1) is 5.92 Å². The number of hydrogen-bond acceptors (Lipinski definition) is 4. The van der Waals surface area contributed by atoms with Crippen LogP contribution in [0.2, 0.25) is 0 Å². The molecule has 5 nitrogen and oxygen atoms in total. The van der Waals surface area contributed by atoms with E-state index in [1.165, 1.54) is 0 Å². The maximum Gasteiger partial charge on any atom is 0.311 e. The minimum atomic E-state index is -0.780. The lowest BCUT2D eigenvalue weighted by Crippen LogP contribution is -2.15. The van der Waals surface area contributed by atoms with E-state index in [2.05, 4.69) is 16.7 Å². The van der Waals surface area contributed by atoms with Crippen LogP contribution in [0.5, 0.6) is 0 Å². The molecule has 1 aliphatic rings. The van der Waals surface area contributed by atoms with Crippen LogP contribution >= 0.6 is 11.8 Å². The molecule has 0 spiro atoms. The number of fused-ring (bicyclic) bond motifs is 3. The van der Waals surface area contributed by atoms with Crippen LogP contribution in [0.4, 0.5) is 0 Å². The molecule has 6 heteroatoms. The van der Waals surface area contributed by atoms with Crippen LogP contribution in [0.1, 0.15) is 49.2 Å². The highest BCUT2D eigenvalue weighted by Gasteiger charge is 2.30. The van der Waals surface area contributed by atoms with Gasteiger partial charge in [-0.15, -0.1) is 0 Å². The summed E-state index contributed by atoms with van der Waals surface area (Å²) < 4.78 is 2.24. The van der Waals surface area contributed by atoms with Crippen LogP contribution in [0, 0.1) is 6.92 Å². The lowest BCUT2D eigenvalue weighted by molar-refractivity contribution is -0.139. The number of benzene rings is 1. The van der Waals surface area contributed by atoms with Gasteiger partial charge in [0.1, 0.15) is 11.3 Å². The van der Waals surface area contributed by atoms with Crippen molar-refractivity contribution in [1.82, 2.24) is 14.5 Å². The van der Waals surface area contributed by atoms with Crippen molar-refractivity contribution < 1.29 is 9.90 Å². The Bertz CT molecular complexity index is 998. The highest BCUT2D eigenvalue weighted by molar-refractivity contribution is 7.99. The number of aromatic nitrogens is 3. The Morgan fingerprint density at radius 1 is 1.30 bits per heavy atom. The zero-order valence-electron chi connectivity index (χ0n) is 15.6. The summed E-state index contributed by atoms with van der Waals surface area (Å²) in [7, 11) is 0. The predicted molar refractivity (Wildman–Crippen MR) is 106 cm³/mol. The summed E-state index contributed by atoms with van der Waals surface area (Å²) in [6.07, 6.45) is 3.45. The van der Waals surface area contributed by atoms with E-state index in [9.17, 15) is 9.90 Å². The average molecular weight is 382 g/mol. The third kappa shape index (κ3) is 3.23. The average Bonchev–Trinajstić information content (AvgIpc) is 3.22. The second kappa shape index (κ2) is 7.35. The second-order valence-electron chi connectivity index (χ2n) is 6.99. The largest absolute Gasteiger partial charge is 0.481 e. The van der Waals surface area contributed by atoms with E-state index >= 15 is 0 Å². The number of carboxylic acids is 1. The molecule has 1 aromatic carbocycles. The number of aliphatic carboxylic acids is 1. The molecule has 2 aromatic heterocycles. The fourth-order valence-electron chi connectivity index (χ4n) is 3.93. The monoisotopic (exact) mass is 381 g/mol. The first-order valence-electron chi connectivity index (χ1n) is 9.45. The van der Waals surface area contributed by atoms with Gasteiger partial charge in [0.2, 0.25) is 0 Å². The molecule has 0 aliphatic carbocycles. The second-order valence-corrected chi connectivity index (χ2v) is 8.07. The van der Waals surface area contributed by atoms with Gasteiger partial charge in [0, 0.05) is 34.0 Å². The molecule has 27 heavy (non-hydrogen) atoms. The van der Waals surface area contributed by atoms with Crippen molar-refractivity contribution >= 4 is 28.9 Å². The van der Waals surface area contributed by atoms with Gasteiger partial charge in [-0.2, -0.15) is 0 Å². The topological polar surface area (TPSA) is 68.0 Å². The van der Waals surface area contributed by atoms with Gasteiger partial charge in [-0.05, 0) is 31.9 Å². The van der Waals surface area contributed by atoms with Crippen LogP contribution in [0.3, 0.4) is 0 Å². The molecular formula is C21H23N3O2S. The number of carbonyl (C=O) groups is 1. The van der Waals surface area contributed by atoms with Crippen molar-refractivity contribution in [3.8, 4) is 0 Å². The lowest BCUT2D eigenvalue weighted by Gasteiger charge is -2.19. The molecule has 0 radical (unpaired) electrons. The number of pyridine rings is 1. The van der Waals surface area contributed by atoms with Crippen molar-refractivity contribution in [3.05, 3.63) is 47.4 Å². The maximum atomic E-state index is 12.1. The minimum Gasteiger partial charge on any atom is -0.481 e. The smallest absolute Gasteiger partial charge is 0.311 e. The third-order valence-electron chi connectivity index (χ3n) is 5.12. The van der Waals surface area contributed by atoms with Crippen molar-refractivity contribution in [1.29, 1.82) is 0 Å². The van der Waals surface area contributed by atoms with Crippen molar-refractivity contribution in [2.45, 2.75) is 61.8 Å². The molecule has 1 N–H and O–H groups in total. The van der Waals surface area contributed by atoms with E-state index in [1.54, 1.807) is 11.8 Å². The summed E-state index contributed by atoms with van der Waals surface area (Å²) in [5, 5.41) is 9.93. The van der Waals surface area contributed by atoms with Gasteiger partial charge in [0.25, 0.3) is 0 Å². The van der Waals surface area contributed by atoms with Gasteiger partial charge in [-0.3, -0.25) is 4.79 Å². The first-order chi connectivity index (χ1) is 13.1. The predicted octanol–water partition coefficient (Wildman–Crippen LogP) is 4.81. The van der Waals surface area contributed by atoms with Crippen LogP contribution < -0.4 is 0 Å². The molecule has 0 amide bonds. The van der Waals surface area contributed by atoms with E-state index in [1.807, 2.05) is 32.0 Å². The number of carboxylic acid groups (broad SMARTS) is 1. The highest BCUT2D eigenvalue weighted by Crippen LogP contribution is 2.42. The summed E-state index contributed by atoms with van der Waals surface area (Å²) in [5.41, 5.74) is 3.36. The van der Waals surface area contributed by atoms with Crippen LogP contribution in [0.25, 0.3) is 11.2 Å². The molecule has 0 bridgehead atoms. The quantitative estimate of drug-likeness (QED) is 0.664. The van der Waals surface area contributed by atoms with E-state index in [-0.39, 0.29) is 0 Å². The first-order valence-corrected chi connectivity index (χ1v) is 10.3. The van der Waals surface area contributed by atoms with E-state index in [4.69, 9.17) is 9.97 Å². The molecule has 1 unspecified atom stereocenters. The summed E-state index contributed by atoms with van der Waals surface area (Å²) in [4.78, 5) is 23.7. The Hall–Kier alpha value is -2.34. The first kappa shape index (κ1) is 18.0. The van der Waals surface area contributed by atoms with Crippen LogP contribution in [-0.4, -0.2) is 25.6 Å². The van der Waals surface area contributed by atoms with Gasteiger partial charge in [-0.25, -0.2) is 9.97 Å². The molecule has 4 rings (SSSR count). The molecule has 0 saturated carbocycles. The zero-order chi connectivity index (χ0) is 19.0.